The van der Waals surface area contributed by atoms with E-state index in [9.17, 15) is 13.8 Å². The first-order chi connectivity index (χ1) is 9.88. The van der Waals surface area contributed by atoms with E-state index < -0.39 is 16.8 Å². The molecule has 0 fully saturated rings. The number of carboxylic acid groups (broad SMARTS) is 1. The molecule has 1 aromatic carbocycles. The molecule has 1 aromatic rings. The molecule has 0 heterocycles. The molecule has 0 saturated carbocycles. The highest BCUT2D eigenvalue weighted by atomic mass is 32.2. The standard InChI is InChI=1S/C14H20N2O4S/c1-10(21(2)20)6-7-15-14(19)16-12-5-3-4-11(8-12)9-13(17)18/h3-5,8,10H,6-7,9H2,1-2H3,(H,17,18)(H2,15,16,19). The van der Waals surface area contributed by atoms with Crippen LogP contribution in [-0.2, 0) is 22.0 Å². The Hall–Kier alpha value is -1.89. The van der Waals surface area contributed by atoms with Crippen molar-refractivity contribution >= 4 is 28.5 Å². The van der Waals surface area contributed by atoms with E-state index in [2.05, 4.69) is 10.6 Å². The summed E-state index contributed by atoms with van der Waals surface area (Å²) in [6, 6.07) is 6.33. The lowest BCUT2D eigenvalue weighted by molar-refractivity contribution is -0.136. The molecule has 0 radical (unpaired) electrons. The Labute approximate surface area is 126 Å². The molecule has 2 unspecified atom stereocenters. The summed E-state index contributed by atoms with van der Waals surface area (Å²) < 4.78 is 11.2. The Morgan fingerprint density at radius 3 is 2.71 bits per heavy atom. The summed E-state index contributed by atoms with van der Waals surface area (Å²) in [5, 5.41) is 14.1. The van der Waals surface area contributed by atoms with Gasteiger partial charge in [-0.05, 0) is 24.1 Å². The Balaban J connectivity index is 2.44. The number of amides is 2. The minimum absolute atomic E-state index is 0.0317. The molecule has 2 amide bonds. The highest BCUT2D eigenvalue weighted by molar-refractivity contribution is 7.84. The summed E-state index contributed by atoms with van der Waals surface area (Å²) in [4.78, 5) is 22.3. The van der Waals surface area contributed by atoms with Gasteiger partial charge in [0.05, 0.1) is 6.42 Å². The van der Waals surface area contributed by atoms with Gasteiger partial charge in [0.25, 0.3) is 0 Å². The molecule has 0 spiro atoms. The zero-order chi connectivity index (χ0) is 15.8. The Bertz CT molecular complexity index is 533. The van der Waals surface area contributed by atoms with Crippen molar-refractivity contribution in [2.24, 2.45) is 0 Å². The number of benzene rings is 1. The molecule has 7 heteroatoms. The van der Waals surface area contributed by atoms with Crippen LogP contribution in [0.4, 0.5) is 10.5 Å². The van der Waals surface area contributed by atoms with Gasteiger partial charge in [-0.25, -0.2) is 4.79 Å². The third kappa shape index (κ3) is 6.89. The highest BCUT2D eigenvalue weighted by Crippen LogP contribution is 2.11. The van der Waals surface area contributed by atoms with Gasteiger partial charge in [-0.15, -0.1) is 0 Å². The first-order valence-corrected chi connectivity index (χ1v) is 8.18. The maximum absolute atomic E-state index is 11.7. The lowest BCUT2D eigenvalue weighted by atomic mass is 10.1. The Kier molecular flexibility index (Phi) is 6.87. The van der Waals surface area contributed by atoms with Crippen LogP contribution in [0.15, 0.2) is 24.3 Å². The number of urea groups is 1. The molecule has 0 aliphatic heterocycles. The minimum Gasteiger partial charge on any atom is -0.481 e. The topological polar surface area (TPSA) is 95.5 Å². The van der Waals surface area contributed by atoms with E-state index in [1.54, 1.807) is 30.5 Å². The van der Waals surface area contributed by atoms with Gasteiger partial charge in [0.2, 0.25) is 0 Å². The number of carbonyl (C=O) groups excluding carboxylic acids is 1. The zero-order valence-corrected chi connectivity index (χ0v) is 12.9. The van der Waals surface area contributed by atoms with Crippen molar-refractivity contribution in [3.63, 3.8) is 0 Å². The predicted octanol–water partition coefficient (Wildman–Crippen LogP) is 1.59. The van der Waals surface area contributed by atoms with Crippen molar-refractivity contribution in [2.75, 3.05) is 18.1 Å². The highest BCUT2D eigenvalue weighted by Gasteiger charge is 2.08. The van der Waals surface area contributed by atoms with E-state index in [1.807, 2.05) is 6.92 Å². The third-order valence-electron chi connectivity index (χ3n) is 2.94. The van der Waals surface area contributed by atoms with Gasteiger partial charge in [0, 0.05) is 34.5 Å². The van der Waals surface area contributed by atoms with Crippen LogP contribution in [-0.4, -0.2) is 39.4 Å². The SMILES string of the molecule is CC(CCNC(=O)Nc1cccc(CC(=O)O)c1)S(C)=O. The fraction of sp³-hybridized carbons (Fsp3) is 0.429. The van der Waals surface area contributed by atoms with E-state index in [0.29, 0.717) is 24.2 Å². The van der Waals surface area contributed by atoms with Crippen LogP contribution in [0, 0.1) is 0 Å². The average molecular weight is 312 g/mol. The van der Waals surface area contributed by atoms with Gasteiger partial charge in [-0.1, -0.05) is 19.1 Å². The molecule has 6 nitrogen and oxygen atoms in total. The number of hydrogen-bond donors (Lipinski definition) is 3. The number of hydrogen-bond acceptors (Lipinski definition) is 3. The van der Waals surface area contributed by atoms with E-state index >= 15 is 0 Å². The summed E-state index contributed by atoms with van der Waals surface area (Å²) in [7, 11) is -0.899. The van der Waals surface area contributed by atoms with Crippen molar-refractivity contribution in [3.05, 3.63) is 29.8 Å². The van der Waals surface area contributed by atoms with Crippen molar-refractivity contribution in [3.8, 4) is 0 Å². The molecule has 2 atom stereocenters. The minimum atomic E-state index is -0.918. The Morgan fingerprint density at radius 1 is 1.38 bits per heavy atom. The maximum atomic E-state index is 11.7. The molecular formula is C14H20N2O4S. The second-order valence-corrected chi connectivity index (χ2v) is 6.55. The van der Waals surface area contributed by atoms with Gasteiger partial charge in [-0.3, -0.25) is 9.00 Å². The van der Waals surface area contributed by atoms with Crippen molar-refractivity contribution in [1.82, 2.24) is 5.32 Å². The largest absolute Gasteiger partial charge is 0.481 e. The molecular weight excluding hydrogens is 292 g/mol. The normalized spacial score (nSPS) is 13.2. The molecule has 1 rings (SSSR count). The van der Waals surface area contributed by atoms with Crippen LogP contribution in [0.3, 0.4) is 0 Å². The van der Waals surface area contributed by atoms with Gasteiger partial charge < -0.3 is 15.7 Å². The summed E-state index contributed by atoms with van der Waals surface area (Å²) in [5.41, 5.74) is 1.16. The molecule has 0 aliphatic carbocycles. The van der Waals surface area contributed by atoms with Crippen molar-refractivity contribution in [1.29, 1.82) is 0 Å². The number of aliphatic carboxylic acids is 1. The number of carboxylic acids is 1. The van der Waals surface area contributed by atoms with Gasteiger partial charge >= 0.3 is 12.0 Å². The van der Waals surface area contributed by atoms with E-state index in [0.717, 1.165) is 0 Å². The van der Waals surface area contributed by atoms with Crippen molar-refractivity contribution < 1.29 is 18.9 Å². The summed E-state index contributed by atoms with van der Waals surface area (Å²) >= 11 is 0. The van der Waals surface area contributed by atoms with E-state index in [4.69, 9.17) is 5.11 Å². The summed E-state index contributed by atoms with van der Waals surface area (Å²) in [6.45, 7) is 2.30. The van der Waals surface area contributed by atoms with Crippen LogP contribution in [0.5, 0.6) is 0 Å². The summed E-state index contributed by atoms with van der Waals surface area (Å²) in [5.74, 6) is -0.918. The second kappa shape index (κ2) is 8.41. The van der Waals surface area contributed by atoms with Crippen LogP contribution >= 0.6 is 0 Å². The summed E-state index contributed by atoms with van der Waals surface area (Å²) in [6.07, 6.45) is 2.19. The zero-order valence-electron chi connectivity index (χ0n) is 12.1. The molecule has 116 valence electrons. The number of nitrogens with one attached hydrogen (secondary N) is 2. The molecule has 0 bridgehead atoms. The quantitative estimate of drug-likeness (QED) is 0.712. The predicted molar refractivity (Wildman–Crippen MR) is 82.9 cm³/mol. The van der Waals surface area contributed by atoms with Crippen LogP contribution in [0.2, 0.25) is 0 Å². The van der Waals surface area contributed by atoms with Crippen LogP contribution < -0.4 is 10.6 Å². The van der Waals surface area contributed by atoms with Gasteiger partial charge in [-0.2, -0.15) is 0 Å². The number of anilines is 1. The van der Waals surface area contributed by atoms with E-state index in [-0.39, 0.29) is 17.7 Å². The van der Waals surface area contributed by atoms with Crippen LogP contribution in [0.25, 0.3) is 0 Å². The first kappa shape index (κ1) is 17.2. The third-order valence-corrected chi connectivity index (χ3v) is 4.31. The van der Waals surface area contributed by atoms with Gasteiger partial charge in [0.1, 0.15) is 0 Å². The fourth-order valence-electron chi connectivity index (χ4n) is 1.66. The smallest absolute Gasteiger partial charge is 0.319 e. The number of rotatable bonds is 7. The first-order valence-electron chi connectivity index (χ1n) is 6.56. The second-order valence-electron chi connectivity index (χ2n) is 4.75. The number of carbonyl (C=O) groups is 2. The lowest BCUT2D eigenvalue weighted by Gasteiger charge is -2.11. The molecule has 0 aromatic heterocycles. The molecule has 0 saturated heterocycles. The average Bonchev–Trinajstić information content (AvgIpc) is 2.37. The fourth-order valence-corrected chi connectivity index (χ4v) is 2.11. The van der Waals surface area contributed by atoms with Gasteiger partial charge in [0.15, 0.2) is 0 Å². The molecule has 0 aliphatic rings. The monoisotopic (exact) mass is 312 g/mol. The van der Waals surface area contributed by atoms with Crippen molar-refractivity contribution in [2.45, 2.75) is 25.0 Å². The maximum Gasteiger partial charge on any atom is 0.319 e. The lowest BCUT2D eigenvalue weighted by Crippen LogP contribution is -2.31. The van der Waals surface area contributed by atoms with E-state index in [1.165, 1.54) is 0 Å². The molecule has 21 heavy (non-hydrogen) atoms. The molecule has 3 N–H and O–H groups in total. The van der Waals surface area contributed by atoms with Crippen LogP contribution in [0.1, 0.15) is 18.9 Å². The Morgan fingerprint density at radius 2 is 2.10 bits per heavy atom.